The largest absolute Gasteiger partial charge is 0.461 e. The second kappa shape index (κ2) is 11.2. The average molecular weight is 551 g/mol. The van der Waals surface area contributed by atoms with Gasteiger partial charge in [-0.1, -0.05) is 41.9 Å². The molecule has 0 saturated carbocycles. The van der Waals surface area contributed by atoms with Crippen LogP contribution in [0.5, 0.6) is 0 Å². The fraction of sp³-hybridized carbons (Fsp3) is 0.207. The Hall–Kier alpha value is -4.24. The van der Waals surface area contributed by atoms with Gasteiger partial charge in [-0.25, -0.2) is 18.3 Å². The molecule has 0 bridgehead atoms. The first-order chi connectivity index (χ1) is 18.9. The number of hydrogen-bond acceptors (Lipinski definition) is 5. The smallest absolute Gasteiger partial charge is 0.358 e. The van der Waals surface area contributed by atoms with Crippen LogP contribution in [0.3, 0.4) is 0 Å². The first-order valence-corrected chi connectivity index (χ1v) is 12.9. The molecular weight excluding hydrogens is 526 g/mol. The van der Waals surface area contributed by atoms with E-state index in [1.165, 1.54) is 11.0 Å². The summed E-state index contributed by atoms with van der Waals surface area (Å²) in [4.78, 5) is 28.7. The topological polar surface area (TPSA) is 67.7 Å². The molecule has 0 atom stereocenters. The first kappa shape index (κ1) is 26.4. The highest BCUT2D eigenvalue weighted by atomic mass is 35.5. The van der Waals surface area contributed by atoms with Crippen molar-refractivity contribution in [1.82, 2.24) is 14.7 Å². The van der Waals surface area contributed by atoms with Crippen molar-refractivity contribution in [3.05, 3.63) is 101 Å². The minimum Gasteiger partial charge on any atom is -0.461 e. The summed E-state index contributed by atoms with van der Waals surface area (Å²) in [7, 11) is 0. The molecule has 1 aromatic heterocycles. The van der Waals surface area contributed by atoms with Gasteiger partial charge in [0.1, 0.15) is 17.2 Å². The number of amides is 1. The SMILES string of the molecule is CCOC(=O)c1cc(-c2ccc(N3CCN(C(=O)c4c(F)cccc4F)CC3)cc2)n(-c2ccccc2Cl)n1. The molecule has 3 aromatic carbocycles. The van der Waals surface area contributed by atoms with E-state index >= 15 is 0 Å². The van der Waals surface area contributed by atoms with E-state index in [-0.39, 0.29) is 12.3 Å². The lowest BCUT2D eigenvalue weighted by Crippen LogP contribution is -2.49. The van der Waals surface area contributed by atoms with Crippen molar-refractivity contribution in [2.75, 3.05) is 37.7 Å². The highest BCUT2D eigenvalue weighted by Gasteiger charge is 2.27. The first-order valence-electron chi connectivity index (χ1n) is 12.5. The Bertz CT molecular complexity index is 1500. The van der Waals surface area contributed by atoms with Crippen molar-refractivity contribution in [3.63, 3.8) is 0 Å². The number of ether oxygens (including phenoxy) is 1. The third kappa shape index (κ3) is 5.35. The van der Waals surface area contributed by atoms with Gasteiger partial charge >= 0.3 is 5.97 Å². The molecule has 7 nitrogen and oxygen atoms in total. The van der Waals surface area contributed by atoms with Gasteiger partial charge in [0.15, 0.2) is 5.69 Å². The number of hydrogen-bond donors (Lipinski definition) is 0. The minimum atomic E-state index is -0.861. The number of esters is 1. The van der Waals surface area contributed by atoms with Crippen LogP contribution < -0.4 is 4.90 Å². The summed E-state index contributed by atoms with van der Waals surface area (Å²) in [5.74, 6) is -2.89. The second-order valence-electron chi connectivity index (χ2n) is 8.92. The Morgan fingerprint density at radius 3 is 2.23 bits per heavy atom. The Morgan fingerprint density at radius 2 is 1.59 bits per heavy atom. The lowest BCUT2D eigenvalue weighted by Gasteiger charge is -2.36. The van der Waals surface area contributed by atoms with E-state index in [1.54, 1.807) is 23.7 Å². The minimum absolute atomic E-state index is 0.169. The molecule has 10 heteroatoms. The predicted molar refractivity (Wildman–Crippen MR) is 144 cm³/mol. The highest BCUT2D eigenvalue weighted by molar-refractivity contribution is 6.32. The molecule has 1 aliphatic heterocycles. The fourth-order valence-corrected chi connectivity index (χ4v) is 4.79. The number of benzene rings is 3. The third-order valence-corrected chi connectivity index (χ3v) is 6.87. The summed E-state index contributed by atoms with van der Waals surface area (Å²) in [5, 5.41) is 4.95. The summed E-state index contributed by atoms with van der Waals surface area (Å²) in [6.45, 7) is 3.64. The van der Waals surface area contributed by atoms with Gasteiger partial charge < -0.3 is 14.5 Å². The fourth-order valence-electron chi connectivity index (χ4n) is 4.57. The number of nitrogens with zero attached hydrogens (tertiary/aromatic N) is 4. The predicted octanol–water partition coefficient (Wildman–Crippen LogP) is 5.61. The molecule has 0 radical (unpaired) electrons. The van der Waals surface area contributed by atoms with Crippen LogP contribution in [0, 0.1) is 11.6 Å². The molecule has 200 valence electrons. The Morgan fingerprint density at radius 1 is 0.923 bits per heavy atom. The number of halogens is 3. The molecule has 1 saturated heterocycles. The van der Waals surface area contributed by atoms with E-state index in [9.17, 15) is 18.4 Å². The van der Waals surface area contributed by atoms with Crippen LogP contribution in [0.2, 0.25) is 5.02 Å². The number of aromatic nitrogens is 2. The van der Waals surface area contributed by atoms with Gasteiger partial charge in [0.2, 0.25) is 0 Å². The van der Waals surface area contributed by atoms with Crippen LogP contribution in [0.1, 0.15) is 27.8 Å². The van der Waals surface area contributed by atoms with Crippen LogP contribution in [0.15, 0.2) is 72.8 Å². The lowest BCUT2D eigenvalue weighted by atomic mass is 10.1. The zero-order chi connectivity index (χ0) is 27.5. The number of carbonyl (C=O) groups is 2. The summed E-state index contributed by atoms with van der Waals surface area (Å²) >= 11 is 6.43. The van der Waals surface area contributed by atoms with Gasteiger partial charge in [-0.05, 0) is 49.4 Å². The molecule has 39 heavy (non-hydrogen) atoms. The van der Waals surface area contributed by atoms with Crippen molar-refractivity contribution < 1.29 is 23.1 Å². The maximum atomic E-state index is 14.1. The van der Waals surface area contributed by atoms with Crippen molar-refractivity contribution in [3.8, 4) is 16.9 Å². The van der Waals surface area contributed by atoms with Crippen molar-refractivity contribution in [2.45, 2.75) is 6.92 Å². The molecule has 2 heterocycles. The van der Waals surface area contributed by atoms with Gasteiger partial charge in [0, 0.05) is 37.4 Å². The van der Waals surface area contributed by atoms with E-state index in [4.69, 9.17) is 16.3 Å². The van der Waals surface area contributed by atoms with Gasteiger partial charge in [-0.2, -0.15) is 5.10 Å². The van der Waals surface area contributed by atoms with Crippen LogP contribution in [-0.2, 0) is 4.74 Å². The lowest BCUT2D eigenvalue weighted by molar-refractivity contribution is 0.0518. The Labute approximate surface area is 229 Å². The number of piperazine rings is 1. The molecule has 4 aromatic rings. The van der Waals surface area contributed by atoms with E-state index in [0.717, 1.165) is 23.4 Å². The summed E-state index contributed by atoms with van der Waals surface area (Å²) in [6, 6.07) is 20.0. The monoisotopic (exact) mass is 550 g/mol. The maximum absolute atomic E-state index is 14.1. The number of rotatable bonds is 6. The molecule has 0 aliphatic carbocycles. The van der Waals surface area contributed by atoms with E-state index in [1.807, 2.05) is 42.5 Å². The van der Waals surface area contributed by atoms with Crippen LogP contribution in [0.4, 0.5) is 14.5 Å². The third-order valence-electron chi connectivity index (χ3n) is 6.55. The van der Waals surface area contributed by atoms with E-state index in [2.05, 4.69) is 10.00 Å². The molecular formula is C29H25ClF2N4O3. The molecule has 1 amide bonds. The molecule has 1 aliphatic rings. The number of para-hydroxylation sites is 1. The quantitative estimate of drug-likeness (QED) is 0.292. The zero-order valence-corrected chi connectivity index (χ0v) is 21.9. The number of anilines is 1. The van der Waals surface area contributed by atoms with Crippen LogP contribution in [0.25, 0.3) is 16.9 Å². The van der Waals surface area contributed by atoms with E-state index < -0.39 is 29.1 Å². The molecule has 0 spiro atoms. The molecule has 0 N–H and O–H groups in total. The van der Waals surface area contributed by atoms with E-state index in [0.29, 0.717) is 42.6 Å². The second-order valence-corrected chi connectivity index (χ2v) is 9.33. The molecule has 5 rings (SSSR count). The summed E-state index contributed by atoms with van der Waals surface area (Å²) in [6.07, 6.45) is 0. The maximum Gasteiger partial charge on any atom is 0.358 e. The van der Waals surface area contributed by atoms with Gasteiger partial charge in [-0.15, -0.1) is 0 Å². The summed E-state index contributed by atoms with van der Waals surface area (Å²) in [5.41, 5.74) is 2.68. The van der Waals surface area contributed by atoms with Gasteiger partial charge in [-0.3, -0.25) is 4.79 Å². The standard InChI is InChI=1S/C29H25ClF2N4O3/c1-2-39-29(38)24-18-26(36(33-24)25-9-4-3-6-21(25)30)19-10-12-20(13-11-19)34-14-16-35(17-15-34)28(37)27-22(31)7-5-8-23(27)32/h3-13,18H,2,14-17H2,1H3. The number of carbonyl (C=O) groups excluding carboxylic acids is 2. The van der Waals surface area contributed by atoms with Gasteiger partial charge in [0.25, 0.3) is 5.91 Å². The molecule has 1 fully saturated rings. The van der Waals surface area contributed by atoms with Gasteiger partial charge in [0.05, 0.1) is 23.0 Å². The van der Waals surface area contributed by atoms with Crippen LogP contribution >= 0.6 is 11.6 Å². The Kier molecular flexibility index (Phi) is 7.60. The normalized spacial score (nSPS) is 13.4. The van der Waals surface area contributed by atoms with Crippen molar-refractivity contribution in [2.24, 2.45) is 0 Å². The zero-order valence-electron chi connectivity index (χ0n) is 21.1. The average Bonchev–Trinajstić information content (AvgIpc) is 3.39. The summed E-state index contributed by atoms with van der Waals surface area (Å²) < 4.78 is 34.9. The van der Waals surface area contributed by atoms with Crippen LogP contribution in [-0.4, -0.2) is 59.3 Å². The Balaban J connectivity index is 1.35. The van der Waals surface area contributed by atoms with Crippen molar-refractivity contribution >= 4 is 29.2 Å². The van der Waals surface area contributed by atoms with Crippen molar-refractivity contribution in [1.29, 1.82) is 0 Å². The molecule has 0 unspecified atom stereocenters. The highest BCUT2D eigenvalue weighted by Crippen LogP contribution is 2.30.